The van der Waals surface area contributed by atoms with Crippen LogP contribution in [0.2, 0.25) is 0 Å². The van der Waals surface area contributed by atoms with E-state index >= 15 is 0 Å². The first-order valence-electron chi connectivity index (χ1n) is 7.44. The van der Waals surface area contributed by atoms with Crippen molar-refractivity contribution < 1.29 is 4.79 Å². The van der Waals surface area contributed by atoms with Gasteiger partial charge in [0.1, 0.15) is 6.17 Å². The molecule has 0 spiro atoms. The van der Waals surface area contributed by atoms with Crippen molar-refractivity contribution >= 4 is 17.2 Å². The first-order valence-corrected chi connectivity index (χ1v) is 8.26. The summed E-state index contributed by atoms with van der Waals surface area (Å²) < 4.78 is 0. The number of amides is 1. The molecule has 3 rings (SSSR count). The number of carbonyl (C=O) groups excluding carboxylic acids is 1. The van der Waals surface area contributed by atoms with Gasteiger partial charge in [-0.05, 0) is 45.5 Å². The molecule has 0 bridgehead atoms. The number of aryl methyl sites for hydroxylation is 1. The van der Waals surface area contributed by atoms with Gasteiger partial charge in [-0.3, -0.25) is 10.1 Å². The first kappa shape index (κ1) is 14.0. The van der Waals surface area contributed by atoms with Crippen molar-refractivity contribution in [2.75, 3.05) is 26.7 Å². The zero-order chi connectivity index (χ0) is 14.1. The number of hydrogen-bond donors (Lipinski definition) is 1. The summed E-state index contributed by atoms with van der Waals surface area (Å²) in [5, 5.41) is 3.36. The van der Waals surface area contributed by atoms with Gasteiger partial charge in [-0.15, -0.1) is 11.3 Å². The second kappa shape index (κ2) is 5.84. The molecule has 1 N–H and O–H groups in total. The lowest BCUT2D eigenvalue weighted by molar-refractivity contribution is -0.129. The van der Waals surface area contributed by atoms with Crippen LogP contribution in [-0.2, 0) is 4.79 Å². The SMILES string of the molecule is Cc1ccc(C2NCC(=O)N2CC2CCCCN2C)s1. The summed E-state index contributed by atoms with van der Waals surface area (Å²) >= 11 is 1.78. The summed E-state index contributed by atoms with van der Waals surface area (Å²) in [6.07, 6.45) is 3.85. The highest BCUT2D eigenvalue weighted by molar-refractivity contribution is 7.12. The molecule has 0 radical (unpaired) electrons. The summed E-state index contributed by atoms with van der Waals surface area (Å²) in [7, 11) is 2.18. The minimum absolute atomic E-state index is 0.0801. The van der Waals surface area contributed by atoms with Crippen molar-refractivity contribution in [2.45, 2.75) is 38.4 Å². The van der Waals surface area contributed by atoms with Gasteiger partial charge in [-0.1, -0.05) is 6.42 Å². The number of hydrogen-bond acceptors (Lipinski definition) is 4. The smallest absolute Gasteiger partial charge is 0.238 e. The van der Waals surface area contributed by atoms with Crippen LogP contribution in [0.15, 0.2) is 12.1 Å². The molecular formula is C15H23N3OS. The van der Waals surface area contributed by atoms with E-state index in [1.54, 1.807) is 11.3 Å². The molecule has 1 amide bonds. The molecule has 2 unspecified atom stereocenters. The van der Waals surface area contributed by atoms with Crippen molar-refractivity contribution in [3.8, 4) is 0 Å². The zero-order valence-electron chi connectivity index (χ0n) is 12.3. The van der Waals surface area contributed by atoms with Gasteiger partial charge in [0.05, 0.1) is 6.54 Å². The van der Waals surface area contributed by atoms with E-state index in [4.69, 9.17) is 0 Å². The number of piperidine rings is 1. The van der Waals surface area contributed by atoms with Crippen LogP contribution in [0.25, 0.3) is 0 Å². The molecule has 0 saturated carbocycles. The Hall–Kier alpha value is -0.910. The van der Waals surface area contributed by atoms with Gasteiger partial charge in [0, 0.05) is 22.3 Å². The van der Waals surface area contributed by atoms with E-state index in [0.717, 1.165) is 13.1 Å². The highest BCUT2D eigenvalue weighted by Gasteiger charge is 2.35. The highest BCUT2D eigenvalue weighted by Crippen LogP contribution is 2.29. The zero-order valence-corrected chi connectivity index (χ0v) is 13.1. The molecule has 2 aliphatic heterocycles. The Balaban J connectivity index is 1.73. The van der Waals surface area contributed by atoms with E-state index < -0.39 is 0 Å². The second-order valence-electron chi connectivity index (χ2n) is 5.91. The predicted octanol–water partition coefficient (Wildman–Crippen LogP) is 1.97. The molecule has 3 heterocycles. The largest absolute Gasteiger partial charge is 0.319 e. The molecular weight excluding hydrogens is 270 g/mol. The summed E-state index contributed by atoms with van der Waals surface area (Å²) in [6, 6.07) is 4.79. The van der Waals surface area contributed by atoms with E-state index in [2.05, 4.69) is 36.3 Å². The molecule has 5 heteroatoms. The van der Waals surface area contributed by atoms with Gasteiger partial charge in [-0.25, -0.2) is 0 Å². The Morgan fingerprint density at radius 1 is 1.40 bits per heavy atom. The topological polar surface area (TPSA) is 35.6 Å². The summed E-state index contributed by atoms with van der Waals surface area (Å²) in [5.74, 6) is 0.236. The number of carbonyl (C=O) groups is 1. The third kappa shape index (κ3) is 2.75. The summed E-state index contributed by atoms with van der Waals surface area (Å²) in [5.41, 5.74) is 0. The van der Waals surface area contributed by atoms with Crippen LogP contribution in [-0.4, -0.2) is 48.4 Å². The second-order valence-corrected chi connectivity index (χ2v) is 7.23. The van der Waals surface area contributed by atoms with Crippen LogP contribution in [0.5, 0.6) is 0 Å². The van der Waals surface area contributed by atoms with E-state index in [0.29, 0.717) is 12.6 Å². The molecule has 0 aromatic carbocycles. The maximum Gasteiger partial charge on any atom is 0.238 e. The third-order valence-corrected chi connectivity index (χ3v) is 5.49. The third-order valence-electron chi connectivity index (χ3n) is 4.44. The van der Waals surface area contributed by atoms with Gasteiger partial charge < -0.3 is 9.80 Å². The molecule has 1 aromatic heterocycles. The van der Waals surface area contributed by atoms with Gasteiger partial charge >= 0.3 is 0 Å². The Kier molecular flexibility index (Phi) is 4.10. The summed E-state index contributed by atoms with van der Waals surface area (Å²) in [4.78, 5) is 19.2. The standard InChI is InChI=1S/C15H23N3OS/c1-11-6-7-13(20-11)15-16-9-14(19)18(15)10-12-5-3-4-8-17(12)2/h6-7,12,15-16H,3-5,8-10H2,1-2H3. The number of nitrogens with one attached hydrogen (secondary N) is 1. The predicted molar refractivity (Wildman–Crippen MR) is 81.8 cm³/mol. The lowest BCUT2D eigenvalue weighted by Crippen LogP contribution is -2.46. The van der Waals surface area contributed by atoms with Crippen molar-refractivity contribution in [1.82, 2.24) is 15.1 Å². The lowest BCUT2D eigenvalue weighted by atomic mass is 10.0. The molecule has 2 saturated heterocycles. The van der Waals surface area contributed by atoms with Gasteiger partial charge in [0.2, 0.25) is 5.91 Å². The molecule has 4 nitrogen and oxygen atoms in total. The van der Waals surface area contributed by atoms with Crippen molar-refractivity contribution in [2.24, 2.45) is 0 Å². The van der Waals surface area contributed by atoms with Crippen molar-refractivity contribution in [1.29, 1.82) is 0 Å². The Bertz CT molecular complexity index is 487. The number of likely N-dealkylation sites (N-methyl/N-ethyl adjacent to an activating group) is 1. The van der Waals surface area contributed by atoms with E-state index in [9.17, 15) is 4.79 Å². The highest BCUT2D eigenvalue weighted by atomic mass is 32.1. The van der Waals surface area contributed by atoms with E-state index in [1.807, 2.05) is 4.90 Å². The van der Waals surface area contributed by atoms with E-state index in [1.165, 1.54) is 29.0 Å². The molecule has 20 heavy (non-hydrogen) atoms. The number of likely N-dealkylation sites (tertiary alicyclic amines) is 1. The first-order chi connectivity index (χ1) is 9.65. The monoisotopic (exact) mass is 293 g/mol. The Morgan fingerprint density at radius 3 is 2.95 bits per heavy atom. The molecule has 2 aliphatic rings. The van der Waals surface area contributed by atoms with Crippen molar-refractivity contribution in [3.05, 3.63) is 21.9 Å². The number of thiophene rings is 1. The minimum atomic E-state index is 0.0801. The normalized spacial score (nSPS) is 28.3. The number of nitrogens with zero attached hydrogens (tertiary/aromatic N) is 2. The molecule has 1 aromatic rings. The maximum absolute atomic E-state index is 12.2. The fourth-order valence-corrected chi connectivity index (χ4v) is 4.17. The van der Waals surface area contributed by atoms with Crippen LogP contribution in [0, 0.1) is 6.92 Å². The quantitative estimate of drug-likeness (QED) is 0.925. The Labute approximate surface area is 124 Å². The fraction of sp³-hybridized carbons (Fsp3) is 0.667. The van der Waals surface area contributed by atoms with Crippen molar-refractivity contribution in [3.63, 3.8) is 0 Å². The van der Waals surface area contributed by atoms with Crippen LogP contribution in [0.1, 0.15) is 35.2 Å². The van der Waals surface area contributed by atoms with Gasteiger partial charge in [-0.2, -0.15) is 0 Å². The molecule has 2 atom stereocenters. The number of rotatable bonds is 3. The molecule has 0 aliphatic carbocycles. The Morgan fingerprint density at radius 2 is 2.25 bits per heavy atom. The average Bonchev–Trinajstić information content (AvgIpc) is 3.00. The lowest BCUT2D eigenvalue weighted by Gasteiger charge is -2.36. The molecule has 2 fully saturated rings. The maximum atomic E-state index is 12.2. The van der Waals surface area contributed by atoms with Crippen LogP contribution < -0.4 is 5.32 Å². The minimum Gasteiger partial charge on any atom is -0.319 e. The van der Waals surface area contributed by atoms with E-state index in [-0.39, 0.29) is 12.1 Å². The molecule has 110 valence electrons. The average molecular weight is 293 g/mol. The fourth-order valence-electron chi connectivity index (χ4n) is 3.20. The van der Waals surface area contributed by atoms with Crippen LogP contribution in [0.3, 0.4) is 0 Å². The van der Waals surface area contributed by atoms with Gasteiger partial charge in [0.15, 0.2) is 0 Å². The van der Waals surface area contributed by atoms with Crippen LogP contribution >= 0.6 is 11.3 Å². The summed E-state index contributed by atoms with van der Waals surface area (Å²) in [6.45, 7) is 4.59. The van der Waals surface area contributed by atoms with Crippen LogP contribution in [0.4, 0.5) is 0 Å². The van der Waals surface area contributed by atoms with Gasteiger partial charge in [0.25, 0.3) is 0 Å².